The Morgan fingerprint density at radius 1 is 1.23 bits per heavy atom. The minimum Gasteiger partial charge on any atom is -0.487 e. The number of benzene rings is 2. The zero-order valence-corrected chi connectivity index (χ0v) is 24.2. The first-order valence-electron chi connectivity index (χ1n) is 10.8. The average Bonchev–Trinajstić information content (AvgIpc) is 3.12. The second-order valence-electron chi connectivity index (χ2n) is 7.63. The monoisotopic (exact) mass is 712 g/mol. The van der Waals surface area contributed by atoms with Crippen LogP contribution in [0.4, 0.5) is 0 Å². The first-order chi connectivity index (χ1) is 16.8. The number of aromatic nitrogens is 1. The molecule has 0 amide bonds. The normalized spacial score (nSPS) is 15.4. The summed E-state index contributed by atoms with van der Waals surface area (Å²) in [6.07, 6.45) is 3.56. The van der Waals surface area contributed by atoms with Crippen LogP contribution in [-0.4, -0.2) is 23.8 Å². The minimum atomic E-state index is -0.608. The van der Waals surface area contributed by atoms with Crippen molar-refractivity contribution in [1.82, 2.24) is 4.57 Å². The van der Waals surface area contributed by atoms with Crippen molar-refractivity contribution in [3.05, 3.63) is 104 Å². The van der Waals surface area contributed by atoms with Crippen molar-refractivity contribution >= 4 is 68.6 Å². The Bertz CT molecular complexity index is 1480. The van der Waals surface area contributed by atoms with Crippen molar-refractivity contribution in [1.29, 1.82) is 0 Å². The Hall–Kier alpha value is -2.25. The summed E-state index contributed by atoms with van der Waals surface area (Å²) in [5.41, 5.74) is 2.44. The molecule has 3 aromatic rings. The minimum absolute atomic E-state index is 0.200. The van der Waals surface area contributed by atoms with Crippen LogP contribution in [0.5, 0.6) is 5.75 Å². The summed E-state index contributed by atoms with van der Waals surface area (Å²) in [7, 11) is 0. The standard InChI is InChI=1S/C26H22I2N2O4S/c1-4-11-34-23-18(27)12-16(13-19(23)28)14-20-24(31)30-22(17-9-7-6-8-10-17)21(25(32)33-5-2)15(3)29-26(30)35-20/h4,6-10,12-14,22H,1,5,11H2,2-3H3/b20-14-. The number of carbonyl (C=O) groups excluding carboxylic acids is 1. The molecular weight excluding hydrogens is 690 g/mol. The van der Waals surface area contributed by atoms with Crippen LogP contribution in [0.1, 0.15) is 31.0 Å². The Balaban J connectivity index is 1.88. The van der Waals surface area contributed by atoms with Crippen molar-refractivity contribution in [2.75, 3.05) is 13.2 Å². The largest absolute Gasteiger partial charge is 0.487 e. The van der Waals surface area contributed by atoms with E-state index < -0.39 is 12.0 Å². The lowest BCUT2D eigenvalue weighted by Crippen LogP contribution is -2.39. The molecule has 9 heteroatoms. The van der Waals surface area contributed by atoms with E-state index in [1.807, 2.05) is 48.5 Å². The lowest BCUT2D eigenvalue weighted by molar-refractivity contribution is -0.139. The molecule has 35 heavy (non-hydrogen) atoms. The van der Waals surface area contributed by atoms with Crippen molar-refractivity contribution in [3.63, 3.8) is 0 Å². The van der Waals surface area contributed by atoms with Crippen molar-refractivity contribution in [2.45, 2.75) is 19.9 Å². The van der Waals surface area contributed by atoms with Crippen molar-refractivity contribution < 1.29 is 14.3 Å². The van der Waals surface area contributed by atoms with Crippen LogP contribution in [0.3, 0.4) is 0 Å². The van der Waals surface area contributed by atoms with E-state index in [-0.39, 0.29) is 12.2 Å². The summed E-state index contributed by atoms with van der Waals surface area (Å²) in [4.78, 5) is 31.8. The lowest BCUT2D eigenvalue weighted by atomic mass is 9.96. The zero-order valence-electron chi connectivity index (χ0n) is 19.1. The summed E-state index contributed by atoms with van der Waals surface area (Å²) in [5.74, 6) is 0.333. The second kappa shape index (κ2) is 11.2. The average molecular weight is 712 g/mol. The van der Waals surface area contributed by atoms with E-state index in [0.29, 0.717) is 27.2 Å². The molecule has 2 heterocycles. The van der Waals surface area contributed by atoms with Crippen LogP contribution in [0.15, 0.2) is 76.2 Å². The van der Waals surface area contributed by atoms with Crippen LogP contribution in [-0.2, 0) is 9.53 Å². The third-order valence-electron chi connectivity index (χ3n) is 5.30. The molecule has 0 radical (unpaired) electrons. The number of hydrogen-bond donors (Lipinski definition) is 0. The number of fused-ring (bicyclic) bond motifs is 1. The Morgan fingerprint density at radius 3 is 2.54 bits per heavy atom. The van der Waals surface area contributed by atoms with E-state index >= 15 is 0 Å². The van der Waals surface area contributed by atoms with Crippen LogP contribution < -0.4 is 19.6 Å². The highest BCUT2D eigenvalue weighted by Gasteiger charge is 2.33. The molecule has 0 bridgehead atoms. The maximum Gasteiger partial charge on any atom is 0.338 e. The van der Waals surface area contributed by atoms with Crippen LogP contribution in [0.2, 0.25) is 0 Å². The van der Waals surface area contributed by atoms with E-state index in [2.05, 4.69) is 56.8 Å². The van der Waals surface area contributed by atoms with Gasteiger partial charge in [0.25, 0.3) is 5.56 Å². The molecule has 0 aliphatic carbocycles. The number of rotatable bonds is 7. The quantitative estimate of drug-likeness (QED) is 0.205. The number of ether oxygens (including phenoxy) is 2. The molecule has 1 atom stereocenters. The fourth-order valence-electron chi connectivity index (χ4n) is 3.84. The van der Waals surface area contributed by atoms with Crippen molar-refractivity contribution in [2.24, 2.45) is 4.99 Å². The van der Waals surface area contributed by atoms with Gasteiger partial charge in [-0.25, -0.2) is 9.79 Å². The summed E-state index contributed by atoms with van der Waals surface area (Å²) in [6.45, 7) is 7.90. The Morgan fingerprint density at radius 2 is 1.91 bits per heavy atom. The fourth-order valence-corrected chi connectivity index (χ4v) is 7.01. The van der Waals surface area contributed by atoms with Gasteiger partial charge in [-0.15, -0.1) is 0 Å². The Labute approximate surface area is 234 Å². The lowest BCUT2D eigenvalue weighted by Gasteiger charge is -2.24. The van der Waals surface area contributed by atoms with Crippen LogP contribution >= 0.6 is 56.5 Å². The fraction of sp³-hybridized carbons (Fsp3) is 0.192. The predicted octanol–water partition coefficient (Wildman–Crippen LogP) is 4.57. The first kappa shape index (κ1) is 25.8. The zero-order chi connectivity index (χ0) is 25.1. The highest BCUT2D eigenvalue weighted by atomic mass is 127. The molecule has 180 valence electrons. The number of carbonyl (C=O) groups is 1. The molecular formula is C26H22I2N2O4S. The van der Waals surface area contributed by atoms with E-state index in [4.69, 9.17) is 9.47 Å². The molecule has 4 rings (SSSR count). The van der Waals surface area contributed by atoms with Gasteiger partial charge in [-0.3, -0.25) is 9.36 Å². The van der Waals surface area contributed by atoms with Gasteiger partial charge in [-0.05, 0) is 88.4 Å². The van der Waals surface area contributed by atoms with E-state index in [1.165, 1.54) is 11.3 Å². The molecule has 0 saturated carbocycles. The third kappa shape index (κ3) is 5.31. The van der Waals surface area contributed by atoms with Gasteiger partial charge in [0.2, 0.25) is 0 Å². The Kier molecular flexibility index (Phi) is 8.27. The molecule has 2 aromatic carbocycles. The second-order valence-corrected chi connectivity index (χ2v) is 11.0. The highest BCUT2D eigenvalue weighted by Crippen LogP contribution is 2.31. The maximum atomic E-state index is 13.7. The molecule has 1 unspecified atom stereocenters. The number of allylic oxidation sites excluding steroid dienone is 1. The predicted molar refractivity (Wildman–Crippen MR) is 154 cm³/mol. The molecule has 1 aliphatic rings. The molecule has 0 saturated heterocycles. The van der Waals surface area contributed by atoms with Gasteiger partial charge in [0.05, 0.1) is 35.6 Å². The van der Waals surface area contributed by atoms with E-state index in [9.17, 15) is 9.59 Å². The summed E-state index contributed by atoms with van der Waals surface area (Å²) in [6, 6.07) is 12.8. The van der Waals surface area contributed by atoms with Gasteiger partial charge >= 0.3 is 5.97 Å². The van der Waals surface area contributed by atoms with Crippen LogP contribution in [0.25, 0.3) is 6.08 Å². The first-order valence-corrected chi connectivity index (χ1v) is 13.8. The van der Waals surface area contributed by atoms with Crippen LogP contribution in [0, 0.1) is 7.14 Å². The molecule has 1 aromatic heterocycles. The number of thiazole rings is 1. The van der Waals surface area contributed by atoms with Gasteiger partial charge in [0, 0.05) is 0 Å². The molecule has 0 N–H and O–H groups in total. The molecule has 0 fully saturated rings. The van der Waals surface area contributed by atoms with Gasteiger partial charge < -0.3 is 9.47 Å². The van der Waals surface area contributed by atoms with Gasteiger partial charge in [0.15, 0.2) is 4.80 Å². The summed E-state index contributed by atoms with van der Waals surface area (Å²) < 4.78 is 15.1. The topological polar surface area (TPSA) is 69.9 Å². The van der Waals surface area contributed by atoms with E-state index in [0.717, 1.165) is 24.0 Å². The third-order valence-corrected chi connectivity index (χ3v) is 7.88. The van der Waals surface area contributed by atoms with E-state index in [1.54, 1.807) is 24.5 Å². The molecule has 1 aliphatic heterocycles. The SMILES string of the molecule is C=CCOc1c(I)cc(/C=c2\sc3n(c2=O)C(c2ccccc2)C(C(=O)OCC)=C(C)N=3)cc1I. The van der Waals surface area contributed by atoms with Gasteiger partial charge in [0.1, 0.15) is 12.4 Å². The number of halogens is 2. The summed E-state index contributed by atoms with van der Waals surface area (Å²) in [5, 5.41) is 0. The highest BCUT2D eigenvalue weighted by molar-refractivity contribution is 14.1. The number of esters is 1. The maximum absolute atomic E-state index is 13.7. The van der Waals surface area contributed by atoms with Crippen molar-refractivity contribution in [3.8, 4) is 5.75 Å². The molecule has 0 spiro atoms. The van der Waals surface area contributed by atoms with Gasteiger partial charge in [-0.1, -0.05) is 54.3 Å². The molecule has 6 nitrogen and oxygen atoms in total. The number of hydrogen-bond acceptors (Lipinski definition) is 6. The number of nitrogens with zero attached hydrogens (tertiary/aromatic N) is 2. The smallest absolute Gasteiger partial charge is 0.338 e. The van der Waals surface area contributed by atoms with Gasteiger partial charge in [-0.2, -0.15) is 0 Å². The summed E-state index contributed by atoms with van der Waals surface area (Å²) >= 11 is 5.77.